The molecule has 0 aliphatic heterocycles. The van der Waals surface area contributed by atoms with Crippen molar-refractivity contribution in [2.75, 3.05) is 0 Å². The zero-order valence-corrected chi connectivity index (χ0v) is 9.49. The number of phenols is 2. The lowest BCUT2D eigenvalue weighted by molar-refractivity contribution is 0.445. The van der Waals surface area contributed by atoms with Gasteiger partial charge >= 0.3 is 0 Å². The number of hydrogen-bond donors (Lipinski definition) is 2. The summed E-state index contributed by atoms with van der Waals surface area (Å²) in [5.41, 5.74) is 1.89. The van der Waals surface area contributed by atoms with Gasteiger partial charge in [0.15, 0.2) is 0 Å². The Morgan fingerprint density at radius 3 is 2.25 bits per heavy atom. The number of rotatable bonds is 1. The van der Waals surface area contributed by atoms with Crippen LogP contribution in [0.4, 0.5) is 0 Å². The lowest BCUT2D eigenvalue weighted by Crippen LogP contribution is -1.84. The highest BCUT2D eigenvalue weighted by atomic mass is 35.5. The predicted molar refractivity (Wildman–Crippen MR) is 65.0 cm³/mol. The van der Waals surface area contributed by atoms with E-state index in [-0.39, 0.29) is 16.5 Å². The fraction of sp³-hybridized carbons (Fsp3) is 0.0769. The van der Waals surface area contributed by atoms with E-state index in [9.17, 15) is 10.2 Å². The van der Waals surface area contributed by atoms with Gasteiger partial charge in [0.2, 0.25) is 0 Å². The Balaban J connectivity index is 2.68. The Labute approximate surface area is 98.7 Å². The number of hydrogen-bond acceptors (Lipinski definition) is 2. The van der Waals surface area contributed by atoms with Crippen LogP contribution >= 0.6 is 11.6 Å². The van der Waals surface area contributed by atoms with Crippen LogP contribution in [0.2, 0.25) is 5.02 Å². The first-order valence-corrected chi connectivity index (χ1v) is 5.25. The molecule has 82 valence electrons. The van der Waals surface area contributed by atoms with Gasteiger partial charge in [0.1, 0.15) is 11.5 Å². The number of benzene rings is 2. The molecule has 2 aromatic rings. The summed E-state index contributed by atoms with van der Waals surface area (Å²) in [6.45, 7) is 1.63. The molecule has 0 saturated carbocycles. The molecule has 16 heavy (non-hydrogen) atoms. The molecule has 2 N–H and O–H groups in total. The van der Waals surface area contributed by atoms with Crippen molar-refractivity contribution in [1.29, 1.82) is 0 Å². The van der Waals surface area contributed by atoms with Crippen LogP contribution in [0.3, 0.4) is 0 Å². The molecular weight excluding hydrogens is 224 g/mol. The molecule has 0 atom stereocenters. The monoisotopic (exact) mass is 234 g/mol. The van der Waals surface area contributed by atoms with Gasteiger partial charge in [0.05, 0.1) is 5.02 Å². The predicted octanol–water partition coefficient (Wildman–Crippen LogP) is 3.73. The van der Waals surface area contributed by atoms with Crippen molar-refractivity contribution in [3.8, 4) is 22.6 Å². The second-order valence-electron chi connectivity index (χ2n) is 3.59. The lowest BCUT2D eigenvalue weighted by Gasteiger charge is -2.10. The van der Waals surface area contributed by atoms with Crippen molar-refractivity contribution in [2.45, 2.75) is 6.92 Å². The molecule has 0 radical (unpaired) electrons. The molecule has 0 aromatic heterocycles. The Bertz CT molecular complexity index is 521. The first-order chi connectivity index (χ1) is 7.61. The lowest BCUT2D eigenvalue weighted by atomic mass is 10.0. The van der Waals surface area contributed by atoms with E-state index in [0.29, 0.717) is 11.1 Å². The molecule has 0 fully saturated rings. The van der Waals surface area contributed by atoms with E-state index in [1.165, 1.54) is 0 Å². The summed E-state index contributed by atoms with van der Waals surface area (Å²) in [4.78, 5) is 0. The van der Waals surface area contributed by atoms with Crippen LogP contribution in [0, 0.1) is 6.92 Å². The normalized spacial score (nSPS) is 10.4. The quantitative estimate of drug-likeness (QED) is 0.789. The minimum atomic E-state index is -0.0705. The summed E-state index contributed by atoms with van der Waals surface area (Å²) in [5.74, 6) is -0.00746. The molecule has 2 rings (SSSR count). The second-order valence-corrected chi connectivity index (χ2v) is 4.00. The maximum atomic E-state index is 9.94. The Hall–Kier alpha value is -1.67. The van der Waals surface area contributed by atoms with E-state index < -0.39 is 0 Å². The van der Waals surface area contributed by atoms with Gasteiger partial charge in [0.25, 0.3) is 0 Å². The molecule has 3 heteroatoms. The molecule has 2 aromatic carbocycles. The van der Waals surface area contributed by atoms with E-state index in [1.54, 1.807) is 13.0 Å². The van der Waals surface area contributed by atoms with Crippen molar-refractivity contribution in [1.82, 2.24) is 0 Å². The Morgan fingerprint density at radius 1 is 1.00 bits per heavy atom. The Kier molecular flexibility index (Phi) is 2.75. The van der Waals surface area contributed by atoms with E-state index >= 15 is 0 Å². The largest absolute Gasteiger partial charge is 0.507 e. The van der Waals surface area contributed by atoms with Crippen molar-refractivity contribution < 1.29 is 10.2 Å². The van der Waals surface area contributed by atoms with E-state index in [0.717, 1.165) is 5.56 Å². The summed E-state index contributed by atoms with van der Waals surface area (Å²) < 4.78 is 0. The van der Waals surface area contributed by atoms with Crippen LogP contribution in [0.15, 0.2) is 36.4 Å². The van der Waals surface area contributed by atoms with E-state index in [2.05, 4.69) is 0 Å². The minimum Gasteiger partial charge on any atom is -0.507 e. The fourth-order valence-corrected chi connectivity index (χ4v) is 1.85. The molecular formula is C13H11ClO2. The second kappa shape index (κ2) is 4.06. The van der Waals surface area contributed by atoms with Crippen LogP contribution in [-0.4, -0.2) is 10.2 Å². The standard InChI is InChI=1S/C13H11ClO2/c1-8-12(15)10(7-11(14)13(8)16)9-5-3-2-4-6-9/h2-7,15-16H,1H3. The molecule has 0 unspecified atom stereocenters. The van der Waals surface area contributed by atoms with Crippen molar-refractivity contribution >= 4 is 11.6 Å². The molecule has 0 spiro atoms. The average Bonchev–Trinajstić information content (AvgIpc) is 2.32. The zero-order valence-electron chi connectivity index (χ0n) is 8.74. The van der Waals surface area contributed by atoms with Gasteiger partial charge in [-0.1, -0.05) is 41.9 Å². The molecule has 2 nitrogen and oxygen atoms in total. The maximum Gasteiger partial charge on any atom is 0.140 e. The highest BCUT2D eigenvalue weighted by molar-refractivity contribution is 6.32. The summed E-state index contributed by atoms with van der Waals surface area (Å²) in [5, 5.41) is 19.7. The van der Waals surface area contributed by atoms with Crippen LogP contribution < -0.4 is 0 Å². The summed E-state index contributed by atoms with van der Waals surface area (Å²) in [6.07, 6.45) is 0. The minimum absolute atomic E-state index is 0.0631. The molecule has 0 aliphatic carbocycles. The van der Waals surface area contributed by atoms with E-state index in [1.807, 2.05) is 30.3 Å². The first kappa shape index (κ1) is 10.8. The highest BCUT2D eigenvalue weighted by Gasteiger charge is 2.13. The summed E-state index contributed by atoms with van der Waals surface area (Å²) >= 11 is 5.88. The third-order valence-electron chi connectivity index (χ3n) is 2.55. The van der Waals surface area contributed by atoms with Gasteiger partial charge in [-0.25, -0.2) is 0 Å². The molecule has 0 saturated heterocycles. The van der Waals surface area contributed by atoms with Crippen LogP contribution in [0.1, 0.15) is 5.56 Å². The van der Waals surface area contributed by atoms with Gasteiger partial charge in [0, 0.05) is 11.1 Å². The molecule has 0 heterocycles. The molecule has 0 aliphatic rings. The SMILES string of the molecule is Cc1c(O)c(Cl)cc(-c2ccccc2)c1O. The van der Waals surface area contributed by atoms with Gasteiger partial charge in [-0.3, -0.25) is 0 Å². The average molecular weight is 235 g/mol. The third-order valence-corrected chi connectivity index (χ3v) is 2.84. The fourth-order valence-electron chi connectivity index (χ4n) is 1.59. The van der Waals surface area contributed by atoms with Gasteiger partial charge in [-0.2, -0.15) is 0 Å². The van der Waals surface area contributed by atoms with Gasteiger partial charge in [-0.15, -0.1) is 0 Å². The van der Waals surface area contributed by atoms with Crippen LogP contribution in [-0.2, 0) is 0 Å². The topological polar surface area (TPSA) is 40.5 Å². The highest BCUT2D eigenvalue weighted by Crippen LogP contribution is 2.41. The molecule has 0 bridgehead atoms. The third kappa shape index (κ3) is 1.72. The van der Waals surface area contributed by atoms with Crippen molar-refractivity contribution in [2.24, 2.45) is 0 Å². The van der Waals surface area contributed by atoms with Gasteiger partial charge < -0.3 is 10.2 Å². The van der Waals surface area contributed by atoms with E-state index in [4.69, 9.17) is 11.6 Å². The van der Waals surface area contributed by atoms with Crippen molar-refractivity contribution in [3.05, 3.63) is 47.0 Å². The number of phenolic OH excluding ortho intramolecular Hbond substituents is 2. The van der Waals surface area contributed by atoms with Crippen molar-refractivity contribution in [3.63, 3.8) is 0 Å². The smallest absolute Gasteiger partial charge is 0.140 e. The number of halogens is 1. The van der Waals surface area contributed by atoms with Gasteiger partial charge in [-0.05, 0) is 18.6 Å². The summed E-state index contributed by atoms with van der Waals surface area (Å²) in [6, 6.07) is 11.0. The molecule has 0 amide bonds. The number of aromatic hydroxyl groups is 2. The Morgan fingerprint density at radius 2 is 1.62 bits per heavy atom. The maximum absolute atomic E-state index is 9.94. The van der Waals surface area contributed by atoms with Crippen LogP contribution in [0.5, 0.6) is 11.5 Å². The summed E-state index contributed by atoms with van der Waals surface area (Å²) in [7, 11) is 0. The zero-order chi connectivity index (χ0) is 11.7. The first-order valence-electron chi connectivity index (χ1n) is 4.87. The van der Waals surface area contributed by atoms with Crippen LogP contribution in [0.25, 0.3) is 11.1 Å².